The molecule has 66 valence electrons. The summed E-state index contributed by atoms with van der Waals surface area (Å²) in [5.74, 6) is -1.28. The van der Waals surface area contributed by atoms with Crippen LogP contribution in [0.4, 0.5) is 8.78 Å². The molecular formula is C5H7ClF2O3. The average Bonchev–Trinajstić information content (AvgIpc) is 1.86. The van der Waals surface area contributed by atoms with Gasteiger partial charge in [0, 0.05) is 0 Å². The maximum atomic E-state index is 11.4. The maximum absolute atomic E-state index is 11.4. The minimum atomic E-state index is -2.59. The molecule has 0 aliphatic carbocycles. The van der Waals surface area contributed by atoms with Crippen molar-refractivity contribution in [3.05, 3.63) is 0 Å². The molecule has 0 saturated carbocycles. The van der Waals surface area contributed by atoms with Gasteiger partial charge in [-0.2, -0.15) is 0 Å². The summed E-state index contributed by atoms with van der Waals surface area (Å²) in [6, 6.07) is 0. The Bertz CT molecular complexity index is 131. The molecule has 0 aliphatic heterocycles. The first-order valence-corrected chi connectivity index (χ1v) is 3.20. The third-order valence-corrected chi connectivity index (χ3v) is 1.09. The molecule has 0 amide bonds. The second-order valence-corrected chi connectivity index (χ2v) is 2.26. The predicted molar refractivity (Wildman–Crippen MR) is 34.1 cm³/mol. The summed E-state index contributed by atoms with van der Waals surface area (Å²) in [6.45, 7) is -1.18. The Balaban J connectivity index is 3.31. The highest BCUT2D eigenvalue weighted by Crippen LogP contribution is 1.99. The Labute approximate surface area is 66.9 Å². The number of aliphatic carboxylic acids is 1. The molecule has 6 heteroatoms. The van der Waals surface area contributed by atoms with Crippen molar-refractivity contribution in [3.8, 4) is 0 Å². The van der Waals surface area contributed by atoms with Gasteiger partial charge in [0.15, 0.2) is 5.38 Å². The predicted octanol–water partition coefficient (Wildman–Crippen LogP) is 0.960. The van der Waals surface area contributed by atoms with Crippen LogP contribution in [0.5, 0.6) is 0 Å². The highest BCUT2D eigenvalue weighted by atomic mass is 35.5. The molecule has 0 saturated heterocycles. The van der Waals surface area contributed by atoms with Crippen LogP contribution in [0.1, 0.15) is 0 Å². The second kappa shape index (κ2) is 5.26. The number of alkyl halides is 3. The van der Waals surface area contributed by atoms with Gasteiger partial charge >= 0.3 is 5.97 Å². The van der Waals surface area contributed by atoms with Gasteiger partial charge in [0.1, 0.15) is 6.61 Å². The molecule has 0 aliphatic rings. The number of carbonyl (C=O) groups is 1. The van der Waals surface area contributed by atoms with Gasteiger partial charge in [-0.1, -0.05) is 0 Å². The molecule has 1 atom stereocenters. The highest BCUT2D eigenvalue weighted by Gasteiger charge is 2.14. The van der Waals surface area contributed by atoms with Crippen molar-refractivity contribution >= 4 is 17.6 Å². The first kappa shape index (κ1) is 10.6. The molecule has 0 fully saturated rings. The number of carboxylic acid groups (broad SMARTS) is 1. The smallest absolute Gasteiger partial charge is 0.324 e. The molecule has 1 unspecified atom stereocenters. The van der Waals surface area contributed by atoms with E-state index in [2.05, 4.69) is 4.74 Å². The Morgan fingerprint density at radius 2 is 2.09 bits per heavy atom. The van der Waals surface area contributed by atoms with Crippen LogP contribution in [0, 0.1) is 0 Å². The van der Waals surface area contributed by atoms with Crippen LogP contribution in [0.3, 0.4) is 0 Å². The summed E-state index contributed by atoms with van der Waals surface area (Å²) in [5.41, 5.74) is 0. The SMILES string of the molecule is O=C(O)C(Cl)COCC(F)F. The van der Waals surface area contributed by atoms with Gasteiger partial charge < -0.3 is 9.84 Å². The molecule has 1 N–H and O–H groups in total. The highest BCUT2D eigenvalue weighted by molar-refractivity contribution is 6.29. The van der Waals surface area contributed by atoms with Gasteiger partial charge in [0.25, 0.3) is 6.43 Å². The Morgan fingerprint density at radius 3 is 2.45 bits per heavy atom. The Hall–Kier alpha value is -0.420. The zero-order valence-electron chi connectivity index (χ0n) is 5.47. The van der Waals surface area contributed by atoms with E-state index >= 15 is 0 Å². The molecule has 0 aromatic rings. The fourth-order valence-corrected chi connectivity index (χ4v) is 0.421. The van der Waals surface area contributed by atoms with Crippen molar-refractivity contribution in [2.45, 2.75) is 11.8 Å². The minimum absolute atomic E-state index is 0.402. The first-order valence-electron chi connectivity index (χ1n) is 2.76. The lowest BCUT2D eigenvalue weighted by Gasteiger charge is -2.04. The third-order valence-electron chi connectivity index (χ3n) is 0.776. The average molecular weight is 189 g/mol. The van der Waals surface area contributed by atoms with Crippen molar-refractivity contribution in [1.82, 2.24) is 0 Å². The third kappa shape index (κ3) is 6.00. The van der Waals surface area contributed by atoms with Gasteiger partial charge in [-0.05, 0) is 0 Å². The Morgan fingerprint density at radius 1 is 1.55 bits per heavy atom. The van der Waals surface area contributed by atoms with Crippen LogP contribution in [0.25, 0.3) is 0 Å². The number of halogens is 3. The Kier molecular flexibility index (Phi) is 5.06. The molecule has 0 aromatic heterocycles. The van der Waals surface area contributed by atoms with Crippen LogP contribution in [-0.4, -0.2) is 36.1 Å². The molecule has 11 heavy (non-hydrogen) atoms. The molecule has 0 bridgehead atoms. The number of ether oxygens (including phenoxy) is 1. The lowest BCUT2D eigenvalue weighted by Crippen LogP contribution is -2.21. The zero-order valence-corrected chi connectivity index (χ0v) is 6.22. The van der Waals surface area contributed by atoms with E-state index < -0.39 is 31.0 Å². The van der Waals surface area contributed by atoms with Crippen molar-refractivity contribution in [2.24, 2.45) is 0 Å². The summed E-state index contributed by atoms with van der Waals surface area (Å²) < 4.78 is 27.0. The topological polar surface area (TPSA) is 46.5 Å². The monoisotopic (exact) mass is 188 g/mol. The van der Waals surface area contributed by atoms with Gasteiger partial charge in [-0.25, -0.2) is 8.78 Å². The van der Waals surface area contributed by atoms with E-state index in [1.54, 1.807) is 0 Å². The summed E-state index contributed by atoms with van der Waals surface area (Å²) in [7, 11) is 0. The standard InChI is InChI=1S/C5H7ClF2O3/c6-3(5(9)10)1-11-2-4(7)8/h3-4H,1-2H2,(H,9,10). The number of hydrogen-bond donors (Lipinski definition) is 1. The van der Waals surface area contributed by atoms with Crippen LogP contribution in [-0.2, 0) is 9.53 Å². The molecular weight excluding hydrogens is 182 g/mol. The normalized spacial score (nSPS) is 13.5. The fourth-order valence-electron chi connectivity index (χ4n) is 0.332. The summed E-state index contributed by atoms with van der Waals surface area (Å²) in [4.78, 5) is 9.98. The molecule has 0 spiro atoms. The molecule has 0 rings (SSSR count). The van der Waals surface area contributed by atoms with Gasteiger partial charge in [-0.3, -0.25) is 4.79 Å². The van der Waals surface area contributed by atoms with Gasteiger partial charge in [-0.15, -0.1) is 11.6 Å². The minimum Gasteiger partial charge on any atom is -0.480 e. The first-order chi connectivity index (χ1) is 5.04. The van der Waals surface area contributed by atoms with E-state index in [-0.39, 0.29) is 0 Å². The van der Waals surface area contributed by atoms with E-state index in [9.17, 15) is 13.6 Å². The number of hydrogen-bond acceptors (Lipinski definition) is 2. The molecule has 0 heterocycles. The van der Waals surface area contributed by atoms with Crippen LogP contribution in [0.15, 0.2) is 0 Å². The van der Waals surface area contributed by atoms with Crippen molar-refractivity contribution in [3.63, 3.8) is 0 Å². The fraction of sp³-hybridized carbons (Fsp3) is 0.800. The number of rotatable bonds is 5. The molecule has 0 aromatic carbocycles. The largest absolute Gasteiger partial charge is 0.480 e. The van der Waals surface area contributed by atoms with E-state index in [0.29, 0.717) is 0 Å². The van der Waals surface area contributed by atoms with Gasteiger partial charge in [0.05, 0.1) is 6.61 Å². The molecule has 3 nitrogen and oxygen atoms in total. The zero-order chi connectivity index (χ0) is 8.85. The van der Waals surface area contributed by atoms with Crippen LogP contribution in [0.2, 0.25) is 0 Å². The summed E-state index contributed by atoms with van der Waals surface area (Å²) in [5, 5.41) is 6.89. The van der Waals surface area contributed by atoms with E-state index in [0.717, 1.165) is 0 Å². The van der Waals surface area contributed by atoms with Crippen LogP contribution >= 0.6 is 11.6 Å². The number of carboxylic acids is 1. The van der Waals surface area contributed by atoms with E-state index in [1.165, 1.54) is 0 Å². The lowest BCUT2D eigenvalue weighted by atomic mass is 10.4. The van der Waals surface area contributed by atoms with Gasteiger partial charge in [0.2, 0.25) is 0 Å². The lowest BCUT2D eigenvalue weighted by molar-refractivity contribution is -0.138. The second-order valence-electron chi connectivity index (χ2n) is 1.73. The quantitative estimate of drug-likeness (QED) is 0.654. The maximum Gasteiger partial charge on any atom is 0.324 e. The molecule has 0 radical (unpaired) electrons. The van der Waals surface area contributed by atoms with Crippen LogP contribution < -0.4 is 0 Å². The van der Waals surface area contributed by atoms with Crippen molar-refractivity contribution < 1.29 is 23.4 Å². The summed E-state index contributed by atoms with van der Waals surface area (Å²) in [6.07, 6.45) is -2.59. The van der Waals surface area contributed by atoms with Crippen molar-refractivity contribution in [1.29, 1.82) is 0 Å². The van der Waals surface area contributed by atoms with E-state index in [4.69, 9.17) is 16.7 Å². The van der Waals surface area contributed by atoms with E-state index in [1.807, 2.05) is 0 Å². The van der Waals surface area contributed by atoms with Crippen molar-refractivity contribution in [2.75, 3.05) is 13.2 Å². The summed E-state index contributed by atoms with van der Waals surface area (Å²) >= 11 is 5.13.